The van der Waals surface area contributed by atoms with Crippen LogP contribution in [0, 0.1) is 0 Å². The van der Waals surface area contributed by atoms with Crippen LogP contribution in [0.4, 0.5) is 13.2 Å². The number of aliphatic imine (C=N–C) groups is 1. The first kappa shape index (κ1) is 21.2. The molecule has 1 N–H and O–H groups in total. The van der Waals surface area contributed by atoms with Crippen molar-refractivity contribution in [3.05, 3.63) is 0 Å². The summed E-state index contributed by atoms with van der Waals surface area (Å²) in [7, 11) is 4.24. The molecule has 0 bridgehead atoms. The summed E-state index contributed by atoms with van der Waals surface area (Å²) in [4.78, 5) is 13.0. The van der Waals surface area contributed by atoms with Crippen LogP contribution in [0.5, 0.6) is 0 Å². The van der Waals surface area contributed by atoms with Crippen molar-refractivity contribution in [2.24, 2.45) is 4.99 Å². The van der Waals surface area contributed by atoms with Gasteiger partial charge in [-0.2, -0.15) is 13.2 Å². The normalized spacial score (nSPS) is 26.2. The van der Waals surface area contributed by atoms with E-state index < -0.39 is 12.2 Å². The third-order valence-corrected chi connectivity index (χ3v) is 5.40. The molecule has 0 aromatic carbocycles. The molecule has 0 radical (unpaired) electrons. The van der Waals surface area contributed by atoms with E-state index in [0.717, 1.165) is 32.1 Å². The smallest absolute Gasteiger partial charge is 0.357 e. The van der Waals surface area contributed by atoms with Crippen LogP contribution in [-0.4, -0.2) is 117 Å². The van der Waals surface area contributed by atoms with Crippen molar-refractivity contribution in [2.45, 2.75) is 32.1 Å². The molecule has 2 atom stereocenters. The van der Waals surface area contributed by atoms with Gasteiger partial charge in [-0.05, 0) is 27.9 Å². The van der Waals surface area contributed by atoms with Crippen molar-refractivity contribution >= 4 is 5.96 Å². The molecule has 2 heterocycles. The Morgan fingerprint density at radius 3 is 2.35 bits per heavy atom. The Hall–Kier alpha value is -1.06. The number of piperazine rings is 2. The fraction of sp³-hybridized carbons (Fsp3) is 0.941. The van der Waals surface area contributed by atoms with Gasteiger partial charge >= 0.3 is 6.18 Å². The monoisotopic (exact) mass is 378 g/mol. The largest absolute Gasteiger partial charge is 0.403 e. The third-order valence-electron chi connectivity index (χ3n) is 5.40. The molecule has 0 saturated carbocycles. The molecule has 0 aromatic rings. The van der Waals surface area contributed by atoms with Gasteiger partial charge in [0.2, 0.25) is 0 Å². The van der Waals surface area contributed by atoms with Crippen LogP contribution >= 0.6 is 0 Å². The lowest BCUT2D eigenvalue weighted by Crippen LogP contribution is -2.57. The van der Waals surface area contributed by atoms with Crippen LogP contribution in [0.25, 0.3) is 0 Å². The zero-order valence-electron chi connectivity index (χ0n) is 16.4. The molecule has 0 aliphatic carbocycles. The van der Waals surface area contributed by atoms with Crippen molar-refractivity contribution in [3.8, 4) is 0 Å². The first-order valence-electron chi connectivity index (χ1n) is 9.45. The third kappa shape index (κ3) is 5.72. The van der Waals surface area contributed by atoms with Crippen LogP contribution in [-0.2, 0) is 0 Å². The van der Waals surface area contributed by atoms with Crippen LogP contribution in [0.1, 0.15) is 13.8 Å². The number of alkyl halides is 3. The summed E-state index contributed by atoms with van der Waals surface area (Å²) in [5, 5.41) is 3.30. The molecule has 9 heteroatoms. The van der Waals surface area contributed by atoms with E-state index in [2.05, 4.69) is 34.1 Å². The Kier molecular flexibility index (Phi) is 7.54. The first-order chi connectivity index (χ1) is 12.2. The Balaban J connectivity index is 1.93. The maximum atomic E-state index is 12.9. The highest BCUT2D eigenvalue weighted by Crippen LogP contribution is 2.25. The maximum Gasteiger partial charge on any atom is 0.403 e. The molecule has 0 aromatic heterocycles. The lowest BCUT2D eigenvalue weighted by Gasteiger charge is -2.40. The van der Waals surface area contributed by atoms with Gasteiger partial charge in [0.25, 0.3) is 0 Å². The minimum absolute atomic E-state index is 0.369. The highest BCUT2D eigenvalue weighted by atomic mass is 19.4. The van der Waals surface area contributed by atoms with Gasteiger partial charge in [-0.25, -0.2) is 0 Å². The molecule has 152 valence electrons. The van der Waals surface area contributed by atoms with Crippen molar-refractivity contribution in [1.82, 2.24) is 24.9 Å². The van der Waals surface area contributed by atoms with E-state index in [-0.39, 0.29) is 0 Å². The summed E-state index contributed by atoms with van der Waals surface area (Å²) in [6.45, 7) is 9.70. The summed E-state index contributed by atoms with van der Waals surface area (Å²) < 4.78 is 38.7. The molecule has 0 amide bonds. The number of hydrogen-bond acceptors (Lipinski definition) is 4. The van der Waals surface area contributed by atoms with Crippen LogP contribution in [0.3, 0.4) is 0 Å². The van der Waals surface area contributed by atoms with Gasteiger partial charge in [-0.3, -0.25) is 14.8 Å². The SMILES string of the molecule is CCNC(=NCC1CN(C)CCN1C)N1CCN(C(C)C(F)(F)F)CC1. The minimum atomic E-state index is -4.17. The molecule has 2 unspecified atom stereocenters. The Bertz CT molecular complexity index is 462. The van der Waals surface area contributed by atoms with Gasteiger partial charge in [0.1, 0.15) is 6.04 Å². The first-order valence-corrected chi connectivity index (χ1v) is 9.45. The Morgan fingerprint density at radius 2 is 1.77 bits per heavy atom. The van der Waals surface area contributed by atoms with Crippen LogP contribution in [0.2, 0.25) is 0 Å². The van der Waals surface area contributed by atoms with Crippen molar-refractivity contribution in [3.63, 3.8) is 0 Å². The summed E-state index contributed by atoms with van der Waals surface area (Å²) in [5.74, 6) is 0.813. The maximum absolute atomic E-state index is 12.9. The zero-order chi connectivity index (χ0) is 19.3. The molecule has 6 nitrogen and oxygen atoms in total. The average molecular weight is 378 g/mol. The van der Waals surface area contributed by atoms with Crippen LogP contribution < -0.4 is 5.32 Å². The quantitative estimate of drug-likeness (QED) is 0.578. The predicted octanol–water partition coefficient (Wildman–Crippen LogP) is 0.766. The fourth-order valence-electron chi connectivity index (χ4n) is 3.44. The van der Waals surface area contributed by atoms with E-state index in [4.69, 9.17) is 4.99 Å². The van der Waals surface area contributed by atoms with Gasteiger partial charge < -0.3 is 15.1 Å². The lowest BCUT2D eigenvalue weighted by molar-refractivity contribution is -0.181. The summed E-state index contributed by atoms with van der Waals surface area (Å²) in [5.41, 5.74) is 0. The van der Waals surface area contributed by atoms with Gasteiger partial charge in [0.05, 0.1) is 6.54 Å². The molecule has 26 heavy (non-hydrogen) atoms. The number of hydrogen-bond donors (Lipinski definition) is 1. The molecule has 2 aliphatic heterocycles. The summed E-state index contributed by atoms with van der Waals surface area (Å²) in [6, 6.07) is -1.02. The number of likely N-dealkylation sites (N-methyl/N-ethyl adjacent to an activating group) is 2. The Morgan fingerprint density at radius 1 is 1.12 bits per heavy atom. The number of rotatable bonds is 4. The second-order valence-electron chi connectivity index (χ2n) is 7.33. The van der Waals surface area contributed by atoms with E-state index in [0.29, 0.717) is 38.8 Å². The van der Waals surface area contributed by atoms with Gasteiger partial charge in [0.15, 0.2) is 5.96 Å². The predicted molar refractivity (Wildman–Crippen MR) is 98.6 cm³/mol. The molecule has 0 spiro atoms. The van der Waals surface area contributed by atoms with E-state index in [1.165, 1.54) is 11.8 Å². The second kappa shape index (κ2) is 9.23. The van der Waals surface area contributed by atoms with Crippen LogP contribution in [0.15, 0.2) is 4.99 Å². The van der Waals surface area contributed by atoms with E-state index in [1.54, 1.807) is 0 Å². The molecular weight excluding hydrogens is 345 g/mol. The summed E-state index contributed by atoms with van der Waals surface area (Å²) in [6.07, 6.45) is -4.17. The van der Waals surface area contributed by atoms with Gasteiger partial charge in [0, 0.05) is 58.4 Å². The average Bonchev–Trinajstić information content (AvgIpc) is 2.60. The van der Waals surface area contributed by atoms with Crippen molar-refractivity contribution < 1.29 is 13.2 Å². The molecule has 2 rings (SSSR count). The highest BCUT2D eigenvalue weighted by Gasteiger charge is 2.41. The van der Waals surface area contributed by atoms with E-state index in [1.807, 2.05) is 6.92 Å². The molecule has 2 saturated heterocycles. The van der Waals surface area contributed by atoms with Gasteiger partial charge in [-0.15, -0.1) is 0 Å². The van der Waals surface area contributed by atoms with Gasteiger partial charge in [-0.1, -0.05) is 0 Å². The van der Waals surface area contributed by atoms with Crippen molar-refractivity contribution in [1.29, 1.82) is 0 Å². The molecule has 2 fully saturated rings. The second-order valence-corrected chi connectivity index (χ2v) is 7.33. The number of guanidine groups is 1. The molecule has 2 aliphatic rings. The lowest BCUT2D eigenvalue weighted by atomic mass is 10.2. The fourth-order valence-corrected chi connectivity index (χ4v) is 3.44. The minimum Gasteiger partial charge on any atom is -0.357 e. The summed E-state index contributed by atoms with van der Waals surface area (Å²) >= 11 is 0. The Labute approximate surface area is 155 Å². The zero-order valence-corrected chi connectivity index (χ0v) is 16.4. The molecular formula is C17H33F3N6. The number of nitrogens with one attached hydrogen (secondary N) is 1. The number of halogens is 3. The van der Waals surface area contributed by atoms with Crippen molar-refractivity contribution in [2.75, 3.05) is 73.0 Å². The van der Waals surface area contributed by atoms with E-state index in [9.17, 15) is 13.2 Å². The topological polar surface area (TPSA) is 37.4 Å². The number of nitrogens with zero attached hydrogens (tertiary/aromatic N) is 5. The van der Waals surface area contributed by atoms with E-state index >= 15 is 0 Å². The standard InChI is InChI=1S/C17H33F3N6/c1-5-21-16(22-12-15-13-23(3)6-7-24(15)4)26-10-8-25(9-11-26)14(2)17(18,19)20/h14-15H,5-13H2,1-4H3,(H,21,22). The highest BCUT2D eigenvalue weighted by molar-refractivity contribution is 5.80.